The SMILES string of the molecule is Nc1nc(NCCc2ccc(C(=O)N3CCC(F)(F)CC3)cc2)nc2nc(-c3ccco3)nn12. The number of benzene rings is 1. The van der Waals surface area contributed by atoms with Crippen LogP contribution in [-0.4, -0.2) is 60.9 Å². The van der Waals surface area contributed by atoms with Gasteiger partial charge in [0, 0.05) is 38.0 Å². The van der Waals surface area contributed by atoms with Crippen LogP contribution in [0.4, 0.5) is 20.7 Å². The Morgan fingerprint density at radius 3 is 2.59 bits per heavy atom. The Morgan fingerprint density at radius 2 is 1.88 bits per heavy atom. The van der Waals surface area contributed by atoms with Gasteiger partial charge in [0.1, 0.15) is 0 Å². The number of halogens is 2. The molecule has 0 spiro atoms. The van der Waals surface area contributed by atoms with Crippen LogP contribution < -0.4 is 11.1 Å². The summed E-state index contributed by atoms with van der Waals surface area (Å²) < 4.78 is 33.3. The van der Waals surface area contributed by atoms with E-state index in [1.807, 2.05) is 12.1 Å². The molecular formula is C22H22F2N8O2. The standard InChI is InChI=1S/C22H22F2N8O2/c23-22(24)8-11-31(12-9-22)18(33)15-5-3-14(4-6-15)7-10-26-20-28-19(25)32-21(29-20)27-17(30-32)16-2-1-13-34-16/h1-6,13H,7-12H2,(H3,25,26,27,28,29,30). The van der Waals surface area contributed by atoms with Crippen LogP contribution in [0.3, 0.4) is 0 Å². The predicted molar refractivity (Wildman–Crippen MR) is 119 cm³/mol. The van der Waals surface area contributed by atoms with Crippen molar-refractivity contribution in [3.63, 3.8) is 0 Å². The Hall–Kier alpha value is -4.09. The second-order valence-electron chi connectivity index (χ2n) is 8.05. The van der Waals surface area contributed by atoms with Gasteiger partial charge < -0.3 is 20.4 Å². The summed E-state index contributed by atoms with van der Waals surface area (Å²) in [7, 11) is 0. The van der Waals surface area contributed by atoms with E-state index in [0.717, 1.165) is 5.56 Å². The van der Waals surface area contributed by atoms with Crippen LogP contribution >= 0.6 is 0 Å². The monoisotopic (exact) mass is 468 g/mol. The summed E-state index contributed by atoms with van der Waals surface area (Å²) in [6, 6.07) is 10.6. The van der Waals surface area contributed by atoms with Crippen LogP contribution in [0.15, 0.2) is 47.1 Å². The van der Waals surface area contributed by atoms with Crippen LogP contribution in [0.5, 0.6) is 0 Å². The maximum atomic E-state index is 13.3. The zero-order chi connectivity index (χ0) is 23.7. The van der Waals surface area contributed by atoms with E-state index < -0.39 is 5.92 Å². The third-order valence-electron chi connectivity index (χ3n) is 5.65. The minimum Gasteiger partial charge on any atom is -0.461 e. The van der Waals surface area contributed by atoms with E-state index in [4.69, 9.17) is 10.2 Å². The van der Waals surface area contributed by atoms with E-state index in [1.165, 1.54) is 15.7 Å². The molecule has 34 heavy (non-hydrogen) atoms. The first-order chi connectivity index (χ1) is 16.4. The number of nitrogens with zero attached hydrogens (tertiary/aromatic N) is 6. The predicted octanol–water partition coefficient (Wildman–Crippen LogP) is 2.89. The Balaban J connectivity index is 1.18. The summed E-state index contributed by atoms with van der Waals surface area (Å²) in [4.78, 5) is 26.9. The van der Waals surface area contributed by atoms with E-state index in [0.29, 0.717) is 41.8 Å². The molecule has 10 nitrogen and oxygen atoms in total. The van der Waals surface area contributed by atoms with Gasteiger partial charge in [0.25, 0.3) is 17.6 Å². The Bertz CT molecular complexity index is 1290. The quantitative estimate of drug-likeness (QED) is 0.442. The van der Waals surface area contributed by atoms with Crippen molar-refractivity contribution in [3.05, 3.63) is 53.8 Å². The maximum Gasteiger partial charge on any atom is 0.259 e. The number of nitrogen functional groups attached to an aromatic ring is 1. The van der Waals surface area contributed by atoms with E-state index in [2.05, 4.69) is 25.4 Å². The van der Waals surface area contributed by atoms with Gasteiger partial charge in [-0.15, -0.1) is 5.10 Å². The number of fused-ring (bicyclic) bond motifs is 1. The number of amides is 1. The Kier molecular flexibility index (Phi) is 5.56. The van der Waals surface area contributed by atoms with Gasteiger partial charge in [0.15, 0.2) is 5.76 Å². The molecule has 1 aromatic carbocycles. The number of nitrogens with one attached hydrogen (secondary N) is 1. The van der Waals surface area contributed by atoms with Gasteiger partial charge >= 0.3 is 0 Å². The molecule has 0 aliphatic carbocycles. The van der Waals surface area contributed by atoms with Gasteiger partial charge in [0.2, 0.25) is 17.7 Å². The van der Waals surface area contributed by atoms with Crippen LogP contribution in [-0.2, 0) is 6.42 Å². The first-order valence-corrected chi connectivity index (χ1v) is 10.8. The lowest BCUT2D eigenvalue weighted by molar-refractivity contribution is -0.0494. The number of aromatic nitrogens is 5. The molecule has 0 saturated carbocycles. The smallest absolute Gasteiger partial charge is 0.259 e. The fourth-order valence-corrected chi connectivity index (χ4v) is 3.75. The average Bonchev–Trinajstić information content (AvgIpc) is 3.49. The van der Waals surface area contributed by atoms with Crippen LogP contribution in [0.25, 0.3) is 17.4 Å². The van der Waals surface area contributed by atoms with Crippen molar-refractivity contribution in [2.45, 2.75) is 25.2 Å². The number of furan rings is 1. The number of anilines is 2. The normalized spacial score (nSPS) is 15.5. The van der Waals surface area contributed by atoms with E-state index in [1.54, 1.807) is 24.3 Å². The molecule has 0 unspecified atom stereocenters. The number of carbonyl (C=O) groups is 1. The van der Waals surface area contributed by atoms with Crippen LogP contribution in [0, 0.1) is 0 Å². The molecule has 5 rings (SSSR count). The lowest BCUT2D eigenvalue weighted by atomic mass is 10.0. The molecule has 4 heterocycles. The highest BCUT2D eigenvalue weighted by molar-refractivity contribution is 5.94. The van der Waals surface area contributed by atoms with Gasteiger partial charge in [0.05, 0.1) is 6.26 Å². The molecule has 1 aliphatic rings. The number of alkyl halides is 2. The fraction of sp³-hybridized carbons (Fsp3) is 0.318. The summed E-state index contributed by atoms with van der Waals surface area (Å²) in [6.07, 6.45) is 1.59. The number of carbonyl (C=O) groups excluding carboxylic acids is 1. The highest BCUT2D eigenvalue weighted by atomic mass is 19.3. The number of likely N-dealkylation sites (tertiary alicyclic amines) is 1. The number of piperidine rings is 1. The van der Waals surface area contributed by atoms with Gasteiger partial charge in [-0.25, -0.2) is 8.78 Å². The third-order valence-corrected chi connectivity index (χ3v) is 5.65. The van der Waals surface area contributed by atoms with Gasteiger partial charge in [-0.05, 0) is 36.2 Å². The van der Waals surface area contributed by atoms with Crippen molar-refractivity contribution in [2.75, 3.05) is 30.7 Å². The molecule has 3 aromatic heterocycles. The summed E-state index contributed by atoms with van der Waals surface area (Å²) in [5, 5.41) is 7.37. The van der Waals surface area contributed by atoms with E-state index in [-0.39, 0.29) is 37.8 Å². The van der Waals surface area contributed by atoms with E-state index in [9.17, 15) is 13.6 Å². The summed E-state index contributed by atoms with van der Waals surface area (Å²) >= 11 is 0. The maximum absolute atomic E-state index is 13.3. The minimum absolute atomic E-state index is 0.0695. The van der Waals surface area contributed by atoms with Crippen molar-refractivity contribution in [1.82, 2.24) is 29.5 Å². The second-order valence-corrected chi connectivity index (χ2v) is 8.05. The number of hydrogen-bond acceptors (Lipinski definition) is 8. The van der Waals surface area contributed by atoms with Gasteiger partial charge in [-0.3, -0.25) is 4.79 Å². The largest absolute Gasteiger partial charge is 0.461 e. The number of hydrogen-bond donors (Lipinski definition) is 2. The molecule has 12 heteroatoms. The third kappa shape index (κ3) is 4.51. The molecule has 176 valence electrons. The lowest BCUT2D eigenvalue weighted by Gasteiger charge is -2.31. The zero-order valence-corrected chi connectivity index (χ0v) is 18.1. The van der Waals surface area contributed by atoms with Crippen molar-refractivity contribution in [2.24, 2.45) is 0 Å². The zero-order valence-electron chi connectivity index (χ0n) is 18.1. The average molecular weight is 468 g/mol. The molecule has 1 aliphatic heterocycles. The molecule has 3 N–H and O–H groups in total. The number of nitrogens with two attached hydrogens (primary N) is 1. The number of rotatable bonds is 6. The molecule has 0 atom stereocenters. The highest BCUT2D eigenvalue weighted by Crippen LogP contribution is 2.28. The second kappa shape index (κ2) is 8.69. The molecule has 4 aromatic rings. The summed E-state index contributed by atoms with van der Waals surface area (Å²) in [6.45, 7) is 0.656. The molecule has 1 amide bonds. The first kappa shape index (κ1) is 21.7. The molecular weight excluding hydrogens is 446 g/mol. The van der Waals surface area contributed by atoms with Crippen molar-refractivity contribution in [3.8, 4) is 11.6 Å². The first-order valence-electron chi connectivity index (χ1n) is 10.8. The highest BCUT2D eigenvalue weighted by Gasteiger charge is 2.35. The summed E-state index contributed by atoms with van der Waals surface area (Å²) in [5.41, 5.74) is 7.47. The Morgan fingerprint density at radius 1 is 1.12 bits per heavy atom. The topological polar surface area (TPSA) is 127 Å². The van der Waals surface area contributed by atoms with Gasteiger partial charge in [-0.1, -0.05) is 12.1 Å². The van der Waals surface area contributed by atoms with E-state index >= 15 is 0 Å². The lowest BCUT2D eigenvalue weighted by Crippen LogP contribution is -2.42. The Labute approximate surface area is 192 Å². The molecule has 1 saturated heterocycles. The minimum atomic E-state index is -2.68. The summed E-state index contributed by atoms with van der Waals surface area (Å²) in [5.74, 6) is -1.30. The van der Waals surface area contributed by atoms with Crippen LogP contribution in [0.2, 0.25) is 0 Å². The molecule has 1 fully saturated rings. The van der Waals surface area contributed by atoms with Crippen LogP contribution in [0.1, 0.15) is 28.8 Å². The van der Waals surface area contributed by atoms with Gasteiger partial charge in [-0.2, -0.15) is 19.5 Å². The van der Waals surface area contributed by atoms with Crippen molar-refractivity contribution >= 4 is 23.6 Å². The fourth-order valence-electron chi connectivity index (χ4n) is 3.75. The molecule has 0 radical (unpaired) electrons. The molecule has 0 bridgehead atoms. The van der Waals surface area contributed by atoms with Crippen molar-refractivity contribution in [1.29, 1.82) is 0 Å². The van der Waals surface area contributed by atoms with Crippen molar-refractivity contribution < 1.29 is 18.0 Å².